The number of benzene rings is 1. The third kappa shape index (κ3) is 3.99. The first kappa shape index (κ1) is 16.8. The maximum Gasteiger partial charge on any atom is 0.449 e. The number of imidazole rings is 1. The van der Waals surface area contributed by atoms with E-state index in [0.717, 1.165) is 4.57 Å². The van der Waals surface area contributed by atoms with Gasteiger partial charge in [0.1, 0.15) is 0 Å². The van der Waals surface area contributed by atoms with Crippen molar-refractivity contribution in [3.63, 3.8) is 0 Å². The number of alkyl halides is 3. The molecule has 0 atom stereocenters. The highest BCUT2D eigenvalue weighted by molar-refractivity contribution is 5.93. The van der Waals surface area contributed by atoms with Crippen LogP contribution in [0.1, 0.15) is 25.1 Å². The average Bonchev–Trinajstić information content (AvgIpc) is 2.75. The second kappa shape index (κ2) is 6.27. The molecule has 1 amide bonds. The lowest BCUT2D eigenvalue weighted by Gasteiger charge is -2.06. The Morgan fingerprint density at radius 2 is 2.00 bits per heavy atom. The highest BCUT2D eigenvalue weighted by Gasteiger charge is 2.36. The van der Waals surface area contributed by atoms with Crippen LogP contribution in [0.3, 0.4) is 0 Å². The van der Waals surface area contributed by atoms with Crippen molar-refractivity contribution in [1.82, 2.24) is 9.55 Å². The smallest absolute Gasteiger partial charge is 0.449 e. The predicted molar refractivity (Wildman–Crippen MR) is 75.8 cm³/mol. The molecule has 0 unspecified atom stereocenters. The highest BCUT2D eigenvalue weighted by Crippen LogP contribution is 2.31. The number of aromatic nitrogens is 2. The normalized spacial score (nSPS) is 11.7. The van der Waals surface area contributed by atoms with Gasteiger partial charge in [-0.05, 0) is 24.6 Å². The Morgan fingerprint density at radius 1 is 1.30 bits per heavy atom. The van der Waals surface area contributed by atoms with E-state index in [1.807, 2.05) is 0 Å². The Kier molecular flexibility index (Phi) is 4.57. The second-order valence-corrected chi connectivity index (χ2v) is 4.99. The lowest BCUT2D eigenvalue weighted by atomic mass is 10.2. The van der Waals surface area contributed by atoms with E-state index >= 15 is 0 Å². The van der Waals surface area contributed by atoms with Gasteiger partial charge in [-0.1, -0.05) is 0 Å². The average molecular weight is 329 g/mol. The lowest BCUT2D eigenvalue weighted by Crippen LogP contribution is -2.12. The van der Waals surface area contributed by atoms with Gasteiger partial charge in [-0.2, -0.15) is 13.2 Å². The van der Waals surface area contributed by atoms with Gasteiger partial charge >= 0.3 is 12.1 Å². The number of carbonyl (C=O) groups excluding carboxylic acids is 1. The summed E-state index contributed by atoms with van der Waals surface area (Å²) in [5, 5.41) is 11.0. The van der Waals surface area contributed by atoms with Gasteiger partial charge in [0.25, 0.3) is 0 Å². The first-order chi connectivity index (χ1) is 10.7. The molecule has 23 heavy (non-hydrogen) atoms. The second-order valence-electron chi connectivity index (χ2n) is 4.99. The molecule has 1 aromatic carbocycles. The number of halogens is 3. The summed E-state index contributed by atoms with van der Waals surface area (Å²) in [6, 6.07) is 4.25. The number of carboxylic acids is 1. The number of amides is 1. The van der Waals surface area contributed by atoms with Gasteiger partial charge in [0.05, 0.1) is 11.0 Å². The molecule has 2 rings (SSSR count). The van der Waals surface area contributed by atoms with Crippen molar-refractivity contribution in [2.45, 2.75) is 25.4 Å². The van der Waals surface area contributed by atoms with Crippen LogP contribution < -0.4 is 5.32 Å². The number of anilines is 1. The third-order valence-corrected chi connectivity index (χ3v) is 3.21. The molecule has 2 N–H and O–H groups in total. The van der Waals surface area contributed by atoms with Crippen LogP contribution in [0.15, 0.2) is 18.2 Å². The van der Waals surface area contributed by atoms with Gasteiger partial charge in [0, 0.05) is 25.6 Å². The molecule has 0 saturated heterocycles. The molecule has 6 nitrogen and oxygen atoms in total. The van der Waals surface area contributed by atoms with E-state index in [-0.39, 0.29) is 24.8 Å². The Morgan fingerprint density at radius 3 is 2.61 bits per heavy atom. The molecule has 0 radical (unpaired) electrons. The minimum Gasteiger partial charge on any atom is -0.481 e. The van der Waals surface area contributed by atoms with Crippen LogP contribution in [0.5, 0.6) is 0 Å². The molecular weight excluding hydrogens is 315 g/mol. The molecule has 124 valence electrons. The van der Waals surface area contributed by atoms with E-state index in [4.69, 9.17) is 5.11 Å². The molecule has 0 spiro atoms. The van der Waals surface area contributed by atoms with Gasteiger partial charge in [-0.3, -0.25) is 9.59 Å². The van der Waals surface area contributed by atoms with Crippen LogP contribution in [0, 0.1) is 0 Å². The molecule has 0 aliphatic heterocycles. The van der Waals surface area contributed by atoms with Gasteiger partial charge in [-0.15, -0.1) is 0 Å². The zero-order valence-electron chi connectivity index (χ0n) is 12.1. The molecule has 0 aliphatic rings. The largest absolute Gasteiger partial charge is 0.481 e. The molecule has 0 aliphatic carbocycles. The van der Waals surface area contributed by atoms with Crippen molar-refractivity contribution in [3.8, 4) is 0 Å². The topological polar surface area (TPSA) is 84.2 Å². The summed E-state index contributed by atoms with van der Waals surface area (Å²) in [5.74, 6) is -2.41. The fourth-order valence-electron chi connectivity index (χ4n) is 2.15. The maximum atomic E-state index is 12.8. The Bertz CT molecular complexity index is 753. The zero-order chi connectivity index (χ0) is 17.2. The summed E-state index contributed by atoms with van der Waals surface area (Å²) in [6.07, 6.45) is -4.48. The Balaban J connectivity index is 2.14. The number of aliphatic carboxylic acids is 1. The minimum atomic E-state index is -4.56. The van der Waals surface area contributed by atoms with Crippen LogP contribution in [0.25, 0.3) is 11.0 Å². The quantitative estimate of drug-likeness (QED) is 0.883. The van der Waals surface area contributed by atoms with Crippen molar-refractivity contribution in [2.75, 3.05) is 5.32 Å². The Labute approximate surface area is 128 Å². The number of fused-ring (bicyclic) bond motifs is 1. The first-order valence-electron chi connectivity index (χ1n) is 6.74. The maximum absolute atomic E-state index is 12.8. The molecule has 2 aromatic rings. The third-order valence-electron chi connectivity index (χ3n) is 3.21. The molecule has 0 fully saturated rings. The number of carbonyl (C=O) groups is 2. The van der Waals surface area contributed by atoms with Crippen LogP contribution in [-0.2, 0) is 22.8 Å². The van der Waals surface area contributed by atoms with Crippen molar-refractivity contribution in [2.24, 2.45) is 7.05 Å². The van der Waals surface area contributed by atoms with Crippen LogP contribution in [-0.4, -0.2) is 26.5 Å². The number of nitrogens with zero attached hydrogens (tertiary/aromatic N) is 2. The Hall–Kier alpha value is -2.58. The van der Waals surface area contributed by atoms with Crippen molar-refractivity contribution in [1.29, 1.82) is 0 Å². The summed E-state index contributed by atoms with van der Waals surface area (Å²) in [7, 11) is 1.27. The molecular formula is C14H14F3N3O3. The molecule has 0 bridgehead atoms. The van der Waals surface area contributed by atoms with Crippen LogP contribution in [0.2, 0.25) is 0 Å². The summed E-state index contributed by atoms with van der Waals surface area (Å²) in [6.45, 7) is 0. The fourth-order valence-corrected chi connectivity index (χ4v) is 2.15. The number of carboxylic acid groups (broad SMARTS) is 1. The standard InChI is InChI=1S/C14H14F3N3O3/c1-20-10-6-5-8(18-11(21)3-2-4-12(22)23)7-9(10)19-13(20)14(15,16)17/h5-7H,2-4H2,1H3,(H,18,21)(H,22,23). The summed E-state index contributed by atoms with van der Waals surface area (Å²) >= 11 is 0. The molecule has 0 saturated carbocycles. The van der Waals surface area contributed by atoms with Crippen molar-refractivity contribution in [3.05, 3.63) is 24.0 Å². The first-order valence-corrected chi connectivity index (χ1v) is 6.74. The minimum absolute atomic E-state index is 0.0142. The van der Waals surface area contributed by atoms with E-state index in [1.165, 1.54) is 25.2 Å². The molecule has 1 heterocycles. The van der Waals surface area contributed by atoms with E-state index in [1.54, 1.807) is 0 Å². The van der Waals surface area contributed by atoms with Crippen LogP contribution >= 0.6 is 0 Å². The van der Waals surface area contributed by atoms with E-state index < -0.39 is 23.9 Å². The van der Waals surface area contributed by atoms with Crippen molar-refractivity contribution >= 4 is 28.6 Å². The summed E-state index contributed by atoms with van der Waals surface area (Å²) < 4.78 is 39.3. The number of hydrogen-bond acceptors (Lipinski definition) is 3. The van der Waals surface area contributed by atoms with Gasteiger partial charge in [-0.25, -0.2) is 4.98 Å². The van der Waals surface area contributed by atoms with E-state index in [2.05, 4.69) is 10.3 Å². The summed E-state index contributed by atoms with van der Waals surface area (Å²) in [5.41, 5.74) is 0.717. The number of rotatable bonds is 5. The van der Waals surface area contributed by atoms with Crippen molar-refractivity contribution < 1.29 is 27.9 Å². The van der Waals surface area contributed by atoms with E-state index in [0.29, 0.717) is 11.2 Å². The fraction of sp³-hybridized carbons (Fsp3) is 0.357. The van der Waals surface area contributed by atoms with Gasteiger partial charge in [0.15, 0.2) is 0 Å². The number of nitrogens with one attached hydrogen (secondary N) is 1. The highest BCUT2D eigenvalue weighted by atomic mass is 19.4. The van der Waals surface area contributed by atoms with E-state index in [9.17, 15) is 22.8 Å². The van der Waals surface area contributed by atoms with Gasteiger partial charge < -0.3 is 15.0 Å². The summed E-state index contributed by atoms with van der Waals surface area (Å²) in [4.78, 5) is 25.6. The molecule has 9 heteroatoms. The monoisotopic (exact) mass is 329 g/mol. The molecule has 1 aromatic heterocycles. The number of aryl methyl sites for hydroxylation is 1. The predicted octanol–water partition coefficient (Wildman–Crippen LogP) is 2.79. The lowest BCUT2D eigenvalue weighted by molar-refractivity contribution is -0.146. The van der Waals surface area contributed by atoms with Gasteiger partial charge in [0.2, 0.25) is 11.7 Å². The number of hydrogen-bond donors (Lipinski definition) is 2. The SMILES string of the molecule is Cn1c(C(F)(F)F)nc2cc(NC(=O)CCCC(=O)O)ccc21. The zero-order valence-corrected chi connectivity index (χ0v) is 12.1. The van der Waals surface area contributed by atoms with Crippen LogP contribution in [0.4, 0.5) is 18.9 Å².